The Kier molecular flexibility index (Phi) is 23.5. The zero-order valence-corrected chi connectivity index (χ0v) is 44.5. The highest BCUT2D eigenvalue weighted by Crippen LogP contribution is 2.70. The van der Waals surface area contributed by atoms with E-state index in [-0.39, 0.29) is 18.7 Å². The number of aliphatic hydroxyl groups is 4. The molecule has 0 aromatic carbocycles. The van der Waals surface area contributed by atoms with Gasteiger partial charge in [-0.15, -0.1) is 0 Å². The van der Waals surface area contributed by atoms with Crippen LogP contribution in [0, 0.1) is 23.7 Å². The molecule has 13 atom stereocenters. The van der Waals surface area contributed by atoms with E-state index in [0.29, 0.717) is 0 Å². The van der Waals surface area contributed by atoms with Gasteiger partial charge in [-0.2, -0.15) is 13.6 Å². The number of aromatic amines is 1. The van der Waals surface area contributed by atoms with Crippen molar-refractivity contribution in [3.63, 3.8) is 0 Å². The van der Waals surface area contributed by atoms with Crippen LogP contribution < -0.4 is 22.4 Å². The molecule has 0 spiro atoms. The van der Waals surface area contributed by atoms with Gasteiger partial charge in [0, 0.05) is 30.3 Å². The summed E-state index contributed by atoms with van der Waals surface area (Å²) in [7, 11) is -15.8. The first-order valence-corrected chi connectivity index (χ1v) is 28.1. The molecule has 29 heteroatoms. The summed E-state index contributed by atoms with van der Waals surface area (Å²) in [5, 5.41) is 42.6. The number of rotatable bonds is 23. The Morgan fingerprint density at radius 2 is 1.01 bits per heavy atom. The summed E-state index contributed by atoms with van der Waals surface area (Å²) in [5.41, 5.74) is -2.72. The molecular formula is C41H77N8O18P3. The second kappa shape index (κ2) is 26.6. The van der Waals surface area contributed by atoms with E-state index >= 15 is 0 Å². The maximum absolute atomic E-state index is 12.6. The van der Waals surface area contributed by atoms with Crippen LogP contribution in [0.15, 0.2) is 38.9 Å². The number of fused-ring (bicyclic) bond motifs is 2. The van der Waals surface area contributed by atoms with Crippen molar-refractivity contribution in [3.05, 3.63) is 55.8 Å². The van der Waals surface area contributed by atoms with Crippen LogP contribution in [0.25, 0.3) is 0 Å². The van der Waals surface area contributed by atoms with Gasteiger partial charge in [-0.3, -0.25) is 32.8 Å². The van der Waals surface area contributed by atoms with Gasteiger partial charge in [0.1, 0.15) is 12.2 Å². The highest BCUT2D eigenvalue weighted by molar-refractivity contribution is 7.66. The number of H-pyrrole nitrogens is 1. The third kappa shape index (κ3) is 15.0. The summed E-state index contributed by atoms with van der Waals surface area (Å²) in [6.07, 6.45) is -3.70. The predicted octanol–water partition coefficient (Wildman–Crippen LogP) is 1.31. The van der Waals surface area contributed by atoms with Crippen LogP contribution in [0.5, 0.6) is 0 Å². The minimum atomic E-state index is -5.92. The number of nitrogens with one attached hydrogen (secondary N) is 2. The van der Waals surface area contributed by atoms with Gasteiger partial charge in [-0.1, -0.05) is 62.3 Å². The van der Waals surface area contributed by atoms with Crippen molar-refractivity contribution in [3.8, 4) is 0 Å². The number of hydrogen-bond donors (Lipinski definition) is 9. The highest BCUT2D eigenvalue weighted by atomic mass is 31.3. The summed E-state index contributed by atoms with van der Waals surface area (Å²) in [6.45, 7) is 28.7. The van der Waals surface area contributed by atoms with Crippen molar-refractivity contribution in [2.24, 2.45) is 23.7 Å². The molecule has 404 valence electrons. The maximum Gasteiger partial charge on any atom is 0.490 e. The topological polar surface area (TPSA) is 350 Å². The SMILES string of the molecule is CCN(CC)CC.CCN(CC)CC.CCN(CC)CC.CONc1ccn([C@]23C[C@H]2[C@H](COP(=O)(O)OP(=O)(O)OP(=O)(O)OC[C@@H]2[C@@H](O)[C@@H](O)[C@@]4(n5ccc(=O)[nH]c5=O)C[C@@H]24)[C@@H](O)[C@H]3O)c(=O)n1. The molecule has 4 aliphatic carbocycles. The number of aliphatic hydroxyl groups excluding tert-OH is 4. The van der Waals surface area contributed by atoms with Crippen molar-refractivity contribution in [2.75, 3.05) is 84.7 Å². The largest absolute Gasteiger partial charge is 0.490 e. The molecule has 70 heavy (non-hydrogen) atoms. The van der Waals surface area contributed by atoms with E-state index in [0.717, 1.165) is 21.4 Å². The number of hydrogen-bond acceptors (Lipinski definition) is 20. The molecule has 0 amide bonds. The molecule has 26 nitrogen and oxygen atoms in total. The summed E-state index contributed by atoms with van der Waals surface area (Å²) in [6, 6.07) is 2.39. The number of phosphoric ester groups is 2. The molecule has 0 aliphatic heterocycles. The lowest BCUT2D eigenvalue weighted by Gasteiger charge is -2.25. The Balaban J connectivity index is 0.000000514. The molecule has 4 aliphatic rings. The number of nitrogens with zero attached hydrogens (tertiary/aromatic N) is 6. The Labute approximate surface area is 408 Å². The Hall–Kier alpha value is -2.55. The van der Waals surface area contributed by atoms with Gasteiger partial charge < -0.3 is 49.8 Å². The standard InChI is InChI=1S/C23H32N5O18P3.3C6H15N/c1-42-26-14-2-4-27(20(34)24-14)22-6-12(22)10(16(30)18(22)32)8-43-47(36,37)45-49(40,41)46-48(38,39)44-9-11-13-7-23(13,19(33)17(11)31)28-5-3-15(29)25-21(28)35;3*1-4-7(5-2)6-3/h2-5,10-13,16-19,30-33H,6-9H2,1H3,(H,36,37)(H,38,39)(H,40,41)(H,24,26,34)(H,25,29,35);3*4-6H2,1-3H3/t10-,11-,12-,13-,16+,17+,18+,19+,22+,23+;;;/m0.../s1. The molecule has 9 N–H and O–H groups in total. The van der Waals surface area contributed by atoms with E-state index in [4.69, 9.17) is 9.05 Å². The fourth-order valence-electron chi connectivity index (χ4n) is 9.44. The molecule has 0 saturated heterocycles. The number of aromatic nitrogens is 4. The average molecular weight is 1060 g/mol. The van der Waals surface area contributed by atoms with Gasteiger partial charge in [0.15, 0.2) is 5.82 Å². The van der Waals surface area contributed by atoms with Gasteiger partial charge in [0.05, 0.1) is 43.6 Å². The Morgan fingerprint density at radius 3 is 1.34 bits per heavy atom. The summed E-state index contributed by atoms with van der Waals surface area (Å²) >= 11 is 0. The first-order valence-electron chi connectivity index (χ1n) is 23.6. The Bertz CT molecular complexity index is 2240. The van der Waals surface area contributed by atoms with Crippen molar-refractivity contribution < 1.29 is 71.3 Å². The van der Waals surface area contributed by atoms with Crippen LogP contribution >= 0.6 is 23.5 Å². The molecule has 2 heterocycles. The lowest BCUT2D eigenvalue weighted by atomic mass is 10.0. The summed E-state index contributed by atoms with van der Waals surface area (Å²) < 4.78 is 57.3. The molecular weight excluding hydrogens is 985 g/mol. The smallest absolute Gasteiger partial charge is 0.390 e. The second-order valence-corrected chi connectivity index (χ2v) is 21.7. The van der Waals surface area contributed by atoms with Crippen LogP contribution in [0.3, 0.4) is 0 Å². The first kappa shape index (κ1) is 61.7. The molecule has 2 aromatic rings. The molecule has 3 unspecified atom stereocenters. The van der Waals surface area contributed by atoms with Gasteiger partial charge in [0.25, 0.3) is 5.56 Å². The molecule has 2 aromatic heterocycles. The zero-order chi connectivity index (χ0) is 53.0. The minimum Gasteiger partial charge on any atom is -0.390 e. The maximum atomic E-state index is 12.6. The van der Waals surface area contributed by atoms with E-state index in [2.05, 4.69) is 101 Å². The normalized spacial score (nSPS) is 29.8. The second-order valence-electron chi connectivity index (χ2n) is 17.1. The molecule has 6 rings (SSSR count). The molecule has 0 radical (unpaired) electrons. The first-order chi connectivity index (χ1) is 32.8. The summed E-state index contributed by atoms with van der Waals surface area (Å²) in [5.74, 6) is -3.53. The van der Waals surface area contributed by atoms with Crippen LogP contribution in [0.4, 0.5) is 5.82 Å². The third-order valence-corrected chi connectivity index (χ3v) is 17.9. The minimum absolute atomic E-state index is 0.0672. The monoisotopic (exact) mass is 1060 g/mol. The lowest BCUT2D eigenvalue weighted by molar-refractivity contribution is -0.0285. The quantitative estimate of drug-likeness (QED) is 0.0559. The lowest BCUT2D eigenvalue weighted by Crippen LogP contribution is -2.44. The number of anilines is 1. The fourth-order valence-corrected chi connectivity index (χ4v) is 13.0. The third-order valence-electron chi connectivity index (χ3n) is 13.7. The van der Waals surface area contributed by atoms with E-state index < -0.39 is 113 Å². The van der Waals surface area contributed by atoms with Gasteiger partial charge in [-0.05, 0) is 89.6 Å². The van der Waals surface area contributed by atoms with Crippen LogP contribution in [-0.4, -0.2) is 173 Å². The van der Waals surface area contributed by atoms with E-state index in [1.54, 1.807) is 0 Å². The van der Waals surface area contributed by atoms with Gasteiger partial charge in [0.2, 0.25) is 0 Å². The van der Waals surface area contributed by atoms with E-state index in [9.17, 15) is 63.2 Å². The van der Waals surface area contributed by atoms with Gasteiger partial charge in [-0.25, -0.2) is 28.8 Å². The van der Waals surface area contributed by atoms with Crippen LogP contribution in [-0.2, 0) is 47.3 Å². The van der Waals surface area contributed by atoms with Crippen LogP contribution in [0.2, 0.25) is 0 Å². The highest BCUT2D eigenvalue weighted by Gasteiger charge is 2.74. The van der Waals surface area contributed by atoms with E-state index in [1.165, 1.54) is 78.3 Å². The molecule has 4 fully saturated rings. The van der Waals surface area contributed by atoms with Crippen LogP contribution in [0.1, 0.15) is 75.2 Å². The zero-order valence-electron chi connectivity index (χ0n) is 41.8. The number of phosphoric acid groups is 3. The van der Waals surface area contributed by atoms with E-state index in [1.807, 2.05) is 4.98 Å². The van der Waals surface area contributed by atoms with Crippen molar-refractivity contribution >= 4 is 29.3 Å². The van der Waals surface area contributed by atoms with Crippen molar-refractivity contribution in [1.29, 1.82) is 0 Å². The molecule has 4 saturated carbocycles. The van der Waals surface area contributed by atoms with Gasteiger partial charge >= 0.3 is 34.8 Å². The summed E-state index contributed by atoms with van der Waals surface area (Å²) in [4.78, 5) is 84.1. The Morgan fingerprint density at radius 1 is 0.643 bits per heavy atom. The predicted molar refractivity (Wildman–Crippen MR) is 258 cm³/mol. The van der Waals surface area contributed by atoms with Crippen molar-refractivity contribution in [2.45, 2.75) is 111 Å². The average Bonchev–Trinajstić information content (AvgIpc) is 4.20. The fraction of sp³-hybridized carbons (Fsp3) is 0.805. The molecule has 0 bridgehead atoms. The van der Waals surface area contributed by atoms with Crippen molar-refractivity contribution in [1.82, 2.24) is 33.8 Å².